The van der Waals surface area contributed by atoms with Crippen molar-refractivity contribution in [3.05, 3.63) is 22.8 Å². The lowest BCUT2D eigenvalue weighted by Crippen LogP contribution is -2.39. The smallest absolute Gasteiger partial charge is 0.251 e. The van der Waals surface area contributed by atoms with Crippen molar-refractivity contribution in [1.29, 1.82) is 0 Å². The fourth-order valence-electron chi connectivity index (χ4n) is 1.60. The average molecular weight is 272 g/mol. The minimum absolute atomic E-state index is 0.0359. The third-order valence-electron chi connectivity index (χ3n) is 2.22. The molecule has 4 N–H and O–H groups in total. The number of halogens is 1. The van der Waals surface area contributed by atoms with Crippen LogP contribution in [-0.4, -0.2) is 42.5 Å². The molecule has 0 saturated heterocycles. The number of carbonyl (C=O) groups is 1. The van der Waals surface area contributed by atoms with Crippen LogP contribution in [0.25, 0.3) is 0 Å². The van der Waals surface area contributed by atoms with Crippen molar-refractivity contribution in [3.8, 4) is 0 Å². The lowest BCUT2D eigenvalue weighted by Gasteiger charge is -2.18. The molecule has 1 heterocycles. The summed E-state index contributed by atoms with van der Waals surface area (Å²) in [5.41, 5.74) is 2.79. The minimum Gasteiger partial charge on any atom is -0.348 e. The van der Waals surface area contributed by atoms with E-state index in [1.54, 1.807) is 6.07 Å². The average Bonchev–Trinajstić information content (AvgIpc) is 2.26. The summed E-state index contributed by atoms with van der Waals surface area (Å²) in [6.45, 7) is 2.69. The quantitative estimate of drug-likeness (QED) is 0.417. The molecule has 1 aromatic rings. The minimum atomic E-state index is -0.204. The van der Waals surface area contributed by atoms with Crippen molar-refractivity contribution in [2.24, 2.45) is 5.84 Å². The molecule has 0 bridgehead atoms. The van der Waals surface area contributed by atoms with Crippen molar-refractivity contribution >= 4 is 23.3 Å². The second-order valence-corrected chi connectivity index (χ2v) is 4.73. The Hall–Kier alpha value is -1.37. The van der Waals surface area contributed by atoms with Gasteiger partial charge in [-0.1, -0.05) is 11.6 Å². The number of nitrogen functional groups attached to an aromatic ring is 1. The van der Waals surface area contributed by atoms with Crippen molar-refractivity contribution in [3.63, 3.8) is 0 Å². The Kier molecular flexibility index (Phi) is 5.33. The van der Waals surface area contributed by atoms with E-state index in [0.717, 1.165) is 6.54 Å². The summed E-state index contributed by atoms with van der Waals surface area (Å²) in [6.07, 6.45) is 0. The van der Waals surface area contributed by atoms with Crippen molar-refractivity contribution in [1.82, 2.24) is 15.2 Å². The van der Waals surface area contributed by atoms with Crippen LogP contribution < -0.4 is 16.6 Å². The van der Waals surface area contributed by atoms with Gasteiger partial charge in [-0.2, -0.15) is 0 Å². The molecule has 0 aromatic carbocycles. The molecule has 6 nitrogen and oxygen atoms in total. The van der Waals surface area contributed by atoms with Gasteiger partial charge in [0.2, 0.25) is 0 Å². The molecule has 0 aliphatic heterocycles. The van der Waals surface area contributed by atoms with Crippen molar-refractivity contribution in [2.45, 2.75) is 13.0 Å². The summed E-state index contributed by atoms with van der Waals surface area (Å²) in [6, 6.07) is 3.08. The molecule has 0 radical (unpaired) electrons. The van der Waals surface area contributed by atoms with Gasteiger partial charge in [0.05, 0.1) is 0 Å². The van der Waals surface area contributed by atoms with E-state index in [0.29, 0.717) is 11.4 Å². The number of anilines is 1. The molecule has 1 unspecified atom stereocenters. The van der Waals surface area contributed by atoms with E-state index in [-0.39, 0.29) is 17.1 Å². The number of amides is 1. The Morgan fingerprint density at radius 2 is 2.22 bits per heavy atom. The van der Waals surface area contributed by atoms with Gasteiger partial charge in [0.1, 0.15) is 11.0 Å². The maximum Gasteiger partial charge on any atom is 0.251 e. The van der Waals surface area contributed by atoms with Crippen molar-refractivity contribution < 1.29 is 4.79 Å². The number of hydrogen-bond acceptors (Lipinski definition) is 5. The third kappa shape index (κ3) is 4.48. The molecule has 0 saturated carbocycles. The second-order valence-electron chi connectivity index (χ2n) is 4.34. The molecule has 1 atom stereocenters. The van der Waals surface area contributed by atoms with Gasteiger partial charge < -0.3 is 15.6 Å². The predicted molar refractivity (Wildman–Crippen MR) is 72.5 cm³/mol. The number of nitrogens with zero attached hydrogens (tertiary/aromatic N) is 2. The number of likely N-dealkylation sites (N-methyl/N-ethyl adjacent to an activating group) is 1. The van der Waals surface area contributed by atoms with Gasteiger partial charge in [0, 0.05) is 18.2 Å². The second kappa shape index (κ2) is 6.53. The van der Waals surface area contributed by atoms with Gasteiger partial charge in [-0.25, -0.2) is 10.8 Å². The van der Waals surface area contributed by atoms with E-state index >= 15 is 0 Å². The lowest BCUT2D eigenvalue weighted by molar-refractivity contribution is 0.0934. The first-order chi connectivity index (χ1) is 8.42. The Morgan fingerprint density at radius 3 is 2.78 bits per heavy atom. The standard InChI is InChI=1S/C11H18ClN5O/c1-7(6-17(2)3)14-11(18)8-4-9(12)15-10(5-8)16-13/h4-5,7H,6,13H2,1-3H3,(H,14,18)(H,15,16). The Bertz CT molecular complexity index is 424. The SMILES string of the molecule is CC(CN(C)C)NC(=O)c1cc(Cl)nc(NN)c1. The number of hydrogen-bond donors (Lipinski definition) is 3. The van der Waals surface area contributed by atoms with Crippen LogP contribution in [0, 0.1) is 0 Å². The summed E-state index contributed by atoms with van der Waals surface area (Å²) in [5, 5.41) is 3.09. The topological polar surface area (TPSA) is 83.3 Å². The first-order valence-corrected chi connectivity index (χ1v) is 5.90. The first kappa shape index (κ1) is 14.7. The zero-order chi connectivity index (χ0) is 13.7. The maximum atomic E-state index is 12.0. The van der Waals surface area contributed by atoms with E-state index in [4.69, 9.17) is 17.4 Å². The van der Waals surface area contributed by atoms with E-state index in [9.17, 15) is 4.79 Å². The molecule has 1 aromatic heterocycles. The molecule has 0 fully saturated rings. The van der Waals surface area contributed by atoms with Crippen LogP contribution in [0.2, 0.25) is 5.15 Å². The number of rotatable bonds is 5. The lowest BCUT2D eigenvalue weighted by atomic mass is 10.2. The molecule has 100 valence electrons. The van der Waals surface area contributed by atoms with Crippen LogP contribution >= 0.6 is 11.6 Å². The Morgan fingerprint density at radius 1 is 1.56 bits per heavy atom. The van der Waals surface area contributed by atoms with Crippen LogP contribution in [0.3, 0.4) is 0 Å². The van der Waals surface area contributed by atoms with Crippen LogP contribution in [0.15, 0.2) is 12.1 Å². The highest BCUT2D eigenvalue weighted by Gasteiger charge is 2.12. The van der Waals surface area contributed by atoms with Gasteiger partial charge in [-0.3, -0.25) is 4.79 Å². The highest BCUT2D eigenvalue weighted by molar-refractivity contribution is 6.29. The molecule has 0 aliphatic carbocycles. The number of pyridine rings is 1. The molecule has 1 amide bonds. The molecule has 1 rings (SSSR count). The normalized spacial score (nSPS) is 12.3. The first-order valence-electron chi connectivity index (χ1n) is 5.52. The highest BCUT2D eigenvalue weighted by Crippen LogP contribution is 2.13. The van der Waals surface area contributed by atoms with Gasteiger partial charge in [0.15, 0.2) is 0 Å². The van der Waals surface area contributed by atoms with Gasteiger partial charge in [-0.05, 0) is 33.2 Å². The summed E-state index contributed by atoms with van der Waals surface area (Å²) >= 11 is 5.80. The number of carbonyl (C=O) groups excluding carboxylic acids is 1. The molecule has 7 heteroatoms. The van der Waals surface area contributed by atoms with Crippen LogP contribution in [0.4, 0.5) is 5.82 Å². The van der Waals surface area contributed by atoms with Crippen molar-refractivity contribution in [2.75, 3.05) is 26.1 Å². The van der Waals surface area contributed by atoms with Gasteiger partial charge >= 0.3 is 0 Å². The Balaban J connectivity index is 2.74. The van der Waals surface area contributed by atoms with Gasteiger partial charge in [0.25, 0.3) is 5.91 Å². The van der Waals surface area contributed by atoms with E-state index in [1.165, 1.54) is 6.07 Å². The molecular weight excluding hydrogens is 254 g/mol. The maximum absolute atomic E-state index is 12.0. The summed E-state index contributed by atoms with van der Waals surface area (Å²) in [4.78, 5) is 17.9. The number of nitrogens with two attached hydrogens (primary N) is 1. The number of aromatic nitrogens is 1. The number of hydrazine groups is 1. The molecule has 0 spiro atoms. The largest absolute Gasteiger partial charge is 0.348 e. The van der Waals surface area contributed by atoms with Crippen LogP contribution in [0.1, 0.15) is 17.3 Å². The third-order valence-corrected chi connectivity index (χ3v) is 2.41. The summed E-state index contributed by atoms with van der Waals surface area (Å²) in [7, 11) is 3.89. The van der Waals surface area contributed by atoms with E-state index in [1.807, 2.05) is 25.9 Å². The Labute approximate surface area is 111 Å². The van der Waals surface area contributed by atoms with Crippen LogP contribution in [0.5, 0.6) is 0 Å². The highest BCUT2D eigenvalue weighted by atomic mass is 35.5. The molecular formula is C11H18ClN5O. The molecule has 18 heavy (non-hydrogen) atoms. The summed E-state index contributed by atoms with van der Waals surface area (Å²) < 4.78 is 0. The van der Waals surface area contributed by atoms with Crippen LogP contribution in [-0.2, 0) is 0 Å². The van der Waals surface area contributed by atoms with E-state index < -0.39 is 0 Å². The van der Waals surface area contributed by atoms with E-state index in [2.05, 4.69) is 15.7 Å². The fourth-order valence-corrected chi connectivity index (χ4v) is 1.81. The fraction of sp³-hybridized carbons (Fsp3) is 0.455. The number of nitrogens with one attached hydrogen (secondary N) is 2. The zero-order valence-corrected chi connectivity index (χ0v) is 11.5. The monoisotopic (exact) mass is 271 g/mol. The molecule has 0 aliphatic rings. The van der Waals surface area contributed by atoms with Gasteiger partial charge in [-0.15, -0.1) is 0 Å². The zero-order valence-electron chi connectivity index (χ0n) is 10.7. The summed E-state index contributed by atoms with van der Waals surface area (Å²) in [5.74, 6) is 5.40. The predicted octanol–water partition coefficient (Wildman–Crippen LogP) is 0.700.